The van der Waals surface area contributed by atoms with Crippen LogP contribution in [-0.4, -0.2) is 42.5 Å². The Morgan fingerprint density at radius 3 is 2.83 bits per heavy atom. The molecule has 18 heavy (non-hydrogen) atoms. The molecule has 1 amide bonds. The topological polar surface area (TPSA) is 45.2 Å². The summed E-state index contributed by atoms with van der Waals surface area (Å²) in [5.74, 6) is 0.664. The summed E-state index contributed by atoms with van der Waals surface area (Å²) in [4.78, 5) is 18.1. The Kier molecular flexibility index (Phi) is 4.72. The van der Waals surface area contributed by atoms with E-state index in [-0.39, 0.29) is 5.91 Å². The van der Waals surface area contributed by atoms with Gasteiger partial charge in [0, 0.05) is 19.8 Å². The molecule has 0 aliphatic carbocycles. The van der Waals surface area contributed by atoms with Gasteiger partial charge in [-0.2, -0.15) is 0 Å². The van der Waals surface area contributed by atoms with Crippen LogP contribution in [0.15, 0.2) is 22.9 Å². The first-order valence-electron chi connectivity index (χ1n) is 6.24. The summed E-state index contributed by atoms with van der Waals surface area (Å²) >= 11 is 3.27. The number of pyridine rings is 1. The number of hydrogen-bond acceptors (Lipinski definition) is 3. The lowest BCUT2D eigenvalue weighted by Crippen LogP contribution is -2.37. The Labute approximate surface area is 116 Å². The zero-order chi connectivity index (χ0) is 13.0. The normalized spacial score (nSPS) is 16.6. The molecule has 0 saturated carbocycles. The number of rotatable bonds is 3. The van der Waals surface area contributed by atoms with E-state index < -0.39 is 0 Å². The molecule has 2 rings (SSSR count). The van der Waals surface area contributed by atoms with Crippen LogP contribution in [0.2, 0.25) is 0 Å². The zero-order valence-electron chi connectivity index (χ0n) is 10.5. The molecule has 0 spiro atoms. The SMILES string of the molecule is CN(CC1CCNCC1)C(=O)c1ccc(Br)nc1. The maximum atomic E-state index is 12.2. The highest BCUT2D eigenvalue weighted by Gasteiger charge is 2.19. The minimum atomic E-state index is 0.0496. The van der Waals surface area contributed by atoms with Crippen molar-refractivity contribution < 1.29 is 4.79 Å². The molecule has 1 aliphatic heterocycles. The number of hydrogen-bond donors (Lipinski definition) is 1. The molecule has 0 radical (unpaired) electrons. The summed E-state index contributed by atoms with van der Waals surface area (Å²) in [6.45, 7) is 2.95. The van der Waals surface area contributed by atoms with Gasteiger partial charge in [0.05, 0.1) is 5.56 Å². The standard InChI is InChI=1S/C13H18BrN3O/c1-17(9-10-4-6-15-7-5-10)13(18)11-2-3-12(14)16-8-11/h2-3,8,10,15H,4-7,9H2,1H3. The summed E-state index contributed by atoms with van der Waals surface area (Å²) < 4.78 is 0.750. The van der Waals surface area contributed by atoms with Gasteiger partial charge < -0.3 is 10.2 Å². The van der Waals surface area contributed by atoms with Crippen molar-refractivity contribution in [2.75, 3.05) is 26.7 Å². The van der Waals surface area contributed by atoms with Gasteiger partial charge in [-0.3, -0.25) is 4.79 Å². The third-order valence-corrected chi connectivity index (χ3v) is 3.78. The van der Waals surface area contributed by atoms with Crippen molar-refractivity contribution in [2.24, 2.45) is 5.92 Å². The molecule has 0 bridgehead atoms. The molecule has 0 atom stereocenters. The van der Waals surface area contributed by atoms with Crippen LogP contribution in [0.25, 0.3) is 0 Å². The van der Waals surface area contributed by atoms with E-state index in [1.54, 1.807) is 23.2 Å². The molecule has 1 aliphatic rings. The van der Waals surface area contributed by atoms with E-state index in [9.17, 15) is 4.79 Å². The van der Waals surface area contributed by atoms with Gasteiger partial charge in [0.25, 0.3) is 5.91 Å². The quantitative estimate of drug-likeness (QED) is 0.867. The minimum absolute atomic E-state index is 0.0496. The largest absolute Gasteiger partial charge is 0.341 e. The van der Waals surface area contributed by atoms with Crippen molar-refractivity contribution in [3.05, 3.63) is 28.5 Å². The Morgan fingerprint density at radius 1 is 1.50 bits per heavy atom. The van der Waals surface area contributed by atoms with Gasteiger partial charge in [0.1, 0.15) is 4.60 Å². The summed E-state index contributed by atoms with van der Waals surface area (Å²) in [6.07, 6.45) is 3.91. The van der Waals surface area contributed by atoms with Gasteiger partial charge in [-0.15, -0.1) is 0 Å². The highest BCUT2D eigenvalue weighted by atomic mass is 79.9. The van der Waals surface area contributed by atoms with Gasteiger partial charge in [-0.25, -0.2) is 4.98 Å². The molecule has 1 saturated heterocycles. The van der Waals surface area contributed by atoms with Gasteiger partial charge in [0.15, 0.2) is 0 Å². The third kappa shape index (κ3) is 3.53. The van der Waals surface area contributed by atoms with Crippen LogP contribution in [0.4, 0.5) is 0 Å². The second kappa shape index (κ2) is 6.29. The van der Waals surface area contributed by atoms with Crippen molar-refractivity contribution in [3.63, 3.8) is 0 Å². The van der Waals surface area contributed by atoms with Crippen LogP contribution in [0.5, 0.6) is 0 Å². The van der Waals surface area contributed by atoms with Crippen molar-refractivity contribution in [2.45, 2.75) is 12.8 Å². The summed E-state index contributed by atoms with van der Waals surface area (Å²) in [5.41, 5.74) is 0.648. The van der Waals surface area contributed by atoms with E-state index >= 15 is 0 Å². The van der Waals surface area contributed by atoms with Crippen LogP contribution in [0.3, 0.4) is 0 Å². The molecule has 1 fully saturated rings. The molecule has 0 aromatic carbocycles. The van der Waals surface area contributed by atoms with Crippen molar-refractivity contribution >= 4 is 21.8 Å². The number of carbonyl (C=O) groups is 1. The lowest BCUT2D eigenvalue weighted by Gasteiger charge is -2.27. The Morgan fingerprint density at radius 2 is 2.22 bits per heavy atom. The monoisotopic (exact) mass is 311 g/mol. The molecule has 4 nitrogen and oxygen atoms in total. The molecule has 0 unspecified atom stereocenters. The molecule has 1 N–H and O–H groups in total. The molecule has 98 valence electrons. The van der Waals surface area contributed by atoms with Gasteiger partial charge in [-0.1, -0.05) is 0 Å². The third-order valence-electron chi connectivity index (χ3n) is 3.31. The van der Waals surface area contributed by atoms with Crippen LogP contribution < -0.4 is 5.32 Å². The predicted octanol–water partition coefficient (Wildman–Crippen LogP) is 1.92. The molecule has 5 heteroatoms. The van der Waals surface area contributed by atoms with E-state index in [1.807, 2.05) is 7.05 Å². The average Bonchev–Trinajstić information content (AvgIpc) is 2.40. The fourth-order valence-electron chi connectivity index (χ4n) is 2.26. The van der Waals surface area contributed by atoms with Crippen molar-refractivity contribution in [1.29, 1.82) is 0 Å². The predicted molar refractivity (Wildman–Crippen MR) is 74.5 cm³/mol. The number of nitrogens with zero attached hydrogens (tertiary/aromatic N) is 2. The van der Waals surface area contributed by atoms with Crippen LogP contribution in [0.1, 0.15) is 23.2 Å². The fraction of sp³-hybridized carbons (Fsp3) is 0.538. The summed E-state index contributed by atoms with van der Waals surface area (Å²) in [6, 6.07) is 3.60. The van der Waals surface area contributed by atoms with Crippen LogP contribution >= 0.6 is 15.9 Å². The maximum absolute atomic E-state index is 12.2. The zero-order valence-corrected chi connectivity index (χ0v) is 12.1. The first kappa shape index (κ1) is 13.5. The number of piperidine rings is 1. The van der Waals surface area contributed by atoms with Crippen LogP contribution in [-0.2, 0) is 0 Å². The number of aromatic nitrogens is 1. The van der Waals surface area contributed by atoms with Crippen molar-refractivity contribution in [1.82, 2.24) is 15.2 Å². The second-order valence-electron chi connectivity index (χ2n) is 4.75. The summed E-state index contributed by atoms with van der Waals surface area (Å²) in [5, 5.41) is 3.34. The summed E-state index contributed by atoms with van der Waals surface area (Å²) in [7, 11) is 1.87. The Hall–Kier alpha value is -0.940. The molecular formula is C13H18BrN3O. The number of halogens is 1. The number of carbonyl (C=O) groups excluding carboxylic acids is 1. The van der Waals surface area contributed by atoms with Crippen molar-refractivity contribution in [3.8, 4) is 0 Å². The van der Waals surface area contributed by atoms with Gasteiger partial charge in [-0.05, 0) is 59.9 Å². The Bertz CT molecular complexity index is 401. The van der Waals surface area contributed by atoms with E-state index in [1.165, 1.54) is 0 Å². The minimum Gasteiger partial charge on any atom is -0.341 e. The van der Waals surface area contributed by atoms with E-state index in [2.05, 4.69) is 26.2 Å². The van der Waals surface area contributed by atoms with Crippen LogP contribution in [0, 0.1) is 5.92 Å². The number of amides is 1. The van der Waals surface area contributed by atoms with Gasteiger partial charge >= 0.3 is 0 Å². The fourth-order valence-corrected chi connectivity index (χ4v) is 2.49. The highest BCUT2D eigenvalue weighted by Crippen LogP contribution is 2.14. The van der Waals surface area contributed by atoms with E-state index in [0.717, 1.165) is 37.1 Å². The van der Waals surface area contributed by atoms with E-state index in [0.29, 0.717) is 11.5 Å². The average molecular weight is 312 g/mol. The molecule has 1 aromatic rings. The number of nitrogens with one attached hydrogen (secondary N) is 1. The maximum Gasteiger partial charge on any atom is 0.255 e. The van der Waals surface area contributed by atoms with Gasteiger partial charge in [0.2, 0.25) is 0 Å². The lowest BCUT2D eigenvalue weighted by molar-refractivity contribution is 0.0762. The van der Waals surface area contributed by atoms with E-state index in [4.69, 9.17) is 0 Å². The smallest absolute Gasteiger partial charge is 0.255 e. The Balaban J connectivity index is 1.93. The first-order chi connectivity index (χ1) is 8.66. The molecule has 1 aromatic heterocycles. The first-order valence-corrected chi connectivity index (χ1v) is 7.04. The second-order valence-corrected chi connectivity index (χ2v) is 5.56. The molecular weight excluding hydrogens is 294 g/mol. The molecule has 2 heterocycles. The highest BCUT2D eigenvalue weighted by molar-refractivity contribution is 9.10. The lowest BCUT2D eigenvalue weighted by atomic mass is 9.97.